The number of rotatable bonds is 5. The highest BCUT2D eigenvalue weighted by Crippen LogP contribution is 2.34. The predicted octanol–water partition coefficient (Wildman–Crippen LogP) is 2.90. The van der Waals surface area contributed by atoms with Gasteiger partial charge in [0.15, 0.2) is 11.5 Å². The lowest BCUT2D eigenvalue weighted by molar-refractivity contribution is -0.116. The normalized spacial score (nSPS) is 13.8. The molecule has 3 N–H and O–H groups in total. The summed E-state index contributed by atoms with van der Waals surface area (Å²) in [5, 5.41) is 4.05. The Morgan fingerprint density at radius 2 is 2.04 bits per heavy atom. The Balaban J connectivity index is 1.54. The number of ether oxygens (including phenoxy) is 2. The van der Waals surface area contributed by atoms with Crippen LogP contribution < -0.4 is 20.5 Å². The van der Waals surface area contributed by atoms with Crippen LogP contribution in [-0.4, -0.2) is 23.3 Å². The van der Waals surface area contributed by atoms with Crippen LogP contribution >= 0.6 is 0 Å². The van der Waals surface area contributed by atoms with Crippen LogP contribution in [0.2, 0.25) is 0 Å². The van der Waals surface area contributed by atoms with E-state index in [4.69, 9.17) is 15.2 Å². The van der Waals surface area contributed by atoms with Crippen molar-refractivity contribution in [3.8, 4) is 11.5 Å². The third-order valence-corrected chi connectivity index (χ3v) is 4.38. The van der Waals surface area contributed by atoms with Gasteiger partial charge in [0.1, 0.15) is 6.54 Å². The second kappa shape index (κ2) is 6.72. The fraction of sp³-hybridized carbons (Fsp3) is 0.250. The Morgan fingerprint density at radius 1 is 1.23 bits per heavy atom. The third kappa shape index (κ3) is 3.23. The highest BCUT2D eigenvalue weighted by atomic mass is 16.7. The third-order valence-electron chi connectivity index (χ3n) is 4.38. The first kappa shape index (κ1) is 16.5. The monoisotopic (exact) mass is 351 g/mol. The molecule has 1 aliphatic heterocycles. The molecule has 0 saturated carbocycles. The van der Waals surface area contributed by atoms with E-state index in [-0.39, 0.29) is 25.3 Å². The average Bonchev–Trinajstić information content (AvgIpc) is 3.20. The summed E-state index contributed by atoms with van der Waals surface area (Å²) in [5.41, 5.74) is 8.84. The number of anilines is 1. The van der Waals surface area contributed by atoms with Crippen molar-refractivity contribution < 1.29 is 14.3 Å². The van der Waals surface area contributed by atoms with Gasteiger partial charge in [-0.1, -0.05) is 18.2 Å². The number of nitrogens with zero attached hydrogens (tertiary/aromatic N) is 1. The molecular formula is C20H21N3O3. The maximum atomic E-state index is 12.5. The zero-order valence-corrected chi connectivity index (χ0v) is 14.6. The van der Waals surface area contributed by atoms with Crippen LogP contribution in [0.15, 0.2) is 48.7 Å². The van der Waals surface area contributed by atoms with Gasteiger partial charge in [-0.05, 0) is 37.1 Å². The number of para-hydroxylation sites is 1. The molecule has 6 heteroatoms. The van der Waals surface area contributed by atoms with Gasteiger partial charge < -0.3 is 25.1 Å². The molecule has 0 spiro atoms. The highest BCUT2D eigenvalue weighted by molar-refractivity contribution is 5.93. The maximum absolute atomic E-state index is 12.5. The molecule has 1 aromatic heterocycles. The zero-order valence-electron chi connectivity index (χ0n) is 14.6. The molecule has 26 heavy (non-hydrogen) atoms. The number of nitrogens with two attached hydrogens (primary N) is 1. The first-order chi connectivity index (χ1) is 12.6. The van der Waals surface area contributed by atoms with Crippen LogP contribution in [0.5, 0.6) is 11.5 Å². The van der Waals surface area contributed by atoms with Gasteiger partial charge in [0.05, 0.1) is 0 Å². The van der Waals surface area contributed by atoms with Gasteiger partial charge in [-0.25, -0.2) is 0 Å². The minimum absolute atomic E-state index is 0.0664. The van der Waals surface area contributed by atoms with E-state index in [9.17, 15) is 4.79 Å². The minimum atomic E-state index is -0.100. The summed E-state index contributed by atoms with van der Waals surface area (Å²) in [6.45, 7) is 2.43. The molecule has 1 amide bonds. The van der Waals surface area contributed by atoms with Gasteiger partial charge in [-0.2, -0.15) is 0 Å². The Morgan fingerprint density at radius 3 is 2.88 bits per heavy atom. The SMILES string of the molecule is CC(N)Cc1cn(CC(=O)Nc2ccc3c(c2)OCO3)c2ccccc12. The lowest BCUT2D eigenvalue weighted by Gasteiger charge is -2.08. The molecule has 0 saturated heterocycles. The number of fused-ring (bicyclic) bond motifs is 2. The molecule has 1 atom stereocenters. The lowest BCUT2D eigenvalue weighted by atomic mass is 10.1. The first-order valence-electron chi connectivity index (χ1n) is 8.62. The van der Waals surface area contributed by atoms with Crippen molar-refractivity contribution >= 4 is 22.5 Å². The van der Waals surface area contributed by atoms with E-state index < -0.39 is 0 Å². The number of amides is 1. The number of carbonyl (C=O) groups excluding carboxylic acids is 1. The Labute approximate surface area is 151 Å². The van der Waals surface area contributed by atoms with E-state index in [1.165, 1.54) is 0 Å². The number of hydrogen-bond acceptors (Lipinski definition) is 4. The van der Waals surface area contributed by atoms with E-state index in [1.54, 1.807) is 18.2 Å². The quantitative estimate of drug-likeness (QED) is 0.741. The molecule has 4 rings (SSSR count). The fourth-order valence-corrected chi connectivity index (χ4v) is 3.29. The Bertz CT molecular complexity index is 962. The second-order valence-corrected chi connectivity index (χ2v) is 6.60. The number of carbonyl (C=O) groups is 1. The summed E-state index contributed by atoms with van der Waals surface area (Å²) < 4.78 is 12.6. The van der Waals surface area contributed by atoms with E-state index in [2.05, 4.69) is 11.4 Å². The molecule has 2 heterocycles. The molecule has 1 unspecified atom stereocenters. The Kier molecular flexibility index (Phi) is 4.26. The molecule has 6 nitrogen and oxygen atoms in total. The van der Waals surface area contributed by atoms with Crippen LogP contribution in [-0.2, 0) is 17.8 Å². The van der Waals surface area contributed by atoms with Crippen molar-refractivity contribution in [2.75, 3.05) is 12.1 Å². The Hall–Kier alpha value is -2.99. The van der Waals surface area contributed by atoms with E-state index >= 15 is 0 Å². The van der Waals surface area contributed by atoms with Crippen LogP contribution in [0.25, 0.3) is 10.9 Å². The maximum Gasteiger partial charge on any atom is 0.244 e. The smallest absolute Gasteiger partial charge is 0.244 e. The summed E-state index contributed by atoms with van der Waals surface area (Å²) in [7, 11) is 0. The zero-order chi connectivity index (χ0) is 18.1. The molecule has 0 bridgehead atoms. The summed E-state index contributed by atoms with van der Waals surface area (Å²) >= 11 is 0. The van der Waals surface area contributed by atoms with Crippen LogP contribution in [0.3, 0.4) is 0 Å². The van der Waals surface area contributed by atoms with Crippen molar-refractivity contribution in [1.82, 2.24) is 4.57 Å². The summed E-state index contributed by atoms with van der Waals surface area (Å²) in [4.78, 5) is 12.5. The largest absolute Gasteiger partial charge is 0.454 e. The van der Waals surface area contributed by atoms with Crippen molar-refractivity contribution in [1.29, 1.82) is 0 Å². The van der Waals surface area contributed by atoms with Crippen molar-refractivity contribution in [2.45, 2.75) is 25.9 Å². The van der Waals surface area contributed by atoms with Crippen LogP contribution in [0, 0.1) is 0 Å². The van der Waals surface area contributed by atoms with Crippen LogP contribution in [0.4, 0.5) is 5.69 Å². The standard InChI is InChI=1S/C20H21N3O3/c1-13(21)8-14-10-23(17-5-3-2-4-16(14)17)11-20(24)22-15-6-7-18-19(9-15)26-12-25-18/h2-7,9-10,13H,8,11-12,21H2,1H3,(H,22,24). The van der Waals surface area contributed by atoms with Gasteiger partial charge in [-0.15, -0.1) is 0 Å². The van der Waals surface area contributed by atoms with Gasteiger partial charge in [-0.3, -0.25) is 4.79 Å². The summed E-state index contributed by atoms with van der Waals surface area (Å²) in [6, 6.07) is 13.5. The van der Waals surface area contributed by atoms with Crippen molar-refractivity contribution in [3.63, 3.8) is 0 Å². The molecule has 0 fully saturated rings. The second-order valence-electron chi connectivity index (χ2n) is 6.60. The summed E-state index contributed by atoms with van der Waals surface area (Å²) in [5.74, 6) is 1.24. The van der Waals surface area contributed by atoms with Gasteiger partial charge >= 0.3 is 0 Å². The number of aromatic nitrogens is 1. The van der Waals surface area contributed by atoms with Gasteiger partial charge in [0.2, 0.25) is 12.7 Å². The molecule has 0 radical (unpaired) electrons. The molecule has 1 aliphatic rings. The minimum Gasteiger partial charge on any atom is -0.454 e. The molecular weight excluding hydrogens is 330 g/mol. The summed E-state index contributed by atoms with van der Waals surface area (Å²) in [6.07, 6.45) is 2.80. The first-order valence-corrected chi connectivity index (χ1v) is 8.62. The average molecular weight is 351 g/mol. The number of hydrogen-bond donors (Lipinski definition) is 2. The highest BCUT2D eigenvalue weighted by Gasteiger charge is 2.15. The van der Waals surface area contributed by atoms with E-state index in [1.807, 2.05) is 35.9 Å². The number of benzene rings is 2. The van der Waals surface area contributed by atoms with E-state index in [0.717, 1.165) is 22.9 Å². The van der Waals surface area contributed by atoms with Gasteiger partial charge in [0.25, 0.3) is 0 Å². The molecule has 0 aliphatic carbocycles. The topological polar surface area (TPSA) is 78.5 Å². The molecule has 134 valence electrons. The van der Waals surface area contributed by atoms with Crippen molar-refractivity contribution in [2.24, 2.45) is 5.73 Å². The van der Waals surface area contributed by atoms with Crippen LogP contribution in [0.1, 0.15) is 12.5 Å². The predicted molar refractivity (Wildman–Crippen MR) is 100 cm³/mol. The lowest BCUT2D eigenvalue weighted by Crippen LogP contribution is -2.19. The molecule has 2 aromatic carbocycles. The number of nitrogens with one attached hydrogen (secondary N) is 1. The van der Waals surface area contributed by atoms with Crippen molar-refractivity contribution in [3.05, 3.63) is 54.2 Å². The molecule has 3 aromatic rings. The van der Waals surface area contributed by atoms with Gasteiger partial charge in [0, 0.05) is 34.9 Å². The fourth-order valence-electron chi connectivity index (χ4n) is 3.29. The van der Waals surface area contributed by atoms with E-state index in [0.29, 0.717) is 17.2 Å².